The molecule has 0 unspecified atom stereocenters. The summed E-state index contributed by atoms with van der Waals surface area (Å²) in [6.07, 6.45) is 14.1. The maximum Gasteiger partial charge on any atom is 0.187 e. The van der Waals surface area contributed by atoms with Gasteiger partial charge in [0.2, 0.25) is 0 Å². The molecule has 0 aromatic heterocycles. The van der Waals surface area contributed by atoms with Gasteiger partial charge in [0.05, 0.1) is 0 Å². The van der Waals surface area contributed by atoms with E-state index in [9.17, 15) is 0 Å². The maximum absolute atomic E-state index is 5.34. The third kappa shape index (κ3) is 5.39. The van der Waals surface area contributed by atoms with Crippen molar-refractivity contribution in [3.8, 4) is 0 Å². The van der Waals surface area contributed by atoms with Crippen molar-refractivity contribution in [3.63, 3.8) is 0 Å². The van der Waals surface area contributed by atoms with E-state index in [1.807, 2.05) is 0 Å². The van der Waals surface area contributed by atoms with Crippen LogP contribution in [0.5, 0.6) is 0 Å². The summed E-state index contributed by atoms with van der Waals surface area (Å²) in [6, 6.07) is 0.559. The highest BCUT2D eigenvalue weighted by Crippen LogP contribution is 2.25. The van der Waals surface area contributed by atoms with Gasteiger partial charge < -0.3 is 5.32 Å². The number of hydrazone groups is 1. The molecule has 0 amide bonds. The Balaban J connectivity index is 1.66. The lowest BCUT2D eigenvalue weighted by molar-refractivity contribution is 0.406. The highest BCUT2D eigenvalue weighted by molar-refractivity contribution is 7.80. The van der Waals surface area contributed by atoms with Crippen LogP contribution in [0.4, 0.5) is 0 Å². The van der Waals surface area contributed by atoms with Crippen molar-refractivity contribution >= 4 is 23.0 Å². The summed E-state index contributed by atoms with van der Waals surface area (Å²) in [5.74, 6) is 0.922. The summed E-state index contributed by atoms with van der Waals surface area (Å²) in [4.78, 5) is 0. The SMILES string of the molecule is CCCC1CCC(=NNC(=S)NC2CCCCC2)CC1. The van der Waals surface area contributed by atoms with Crippen LogP contribution in [-0.4, -0.2) is 16.9 Å². The van der Waals surface area contributed by atoms with E-state index in [0.29, 0.717) is 11.2 Å². The van der Waals surface area contributed by atoms with Gasteiger partial charge in [0.15, 0.2) is 5.11 Å². The molecule has 2 fully saturated rings. The quantitative estimate of drug-likeness (QED) is 0.605. The van der Waals surface area contributed by atoms with E-state index in [2.05, 4.69) is 22.8 Å². The fraction of sp³-hybridized carbons (Fsp3) is 0.875. The van der Waals surface area contributed by atoms with Crippen LogP contribution in [0.3, 0.4) is 0 Å². The van der Waals surface area contributed by atoms with Crippen LogP contribution in [0.25, 0.3) is 0 Å². The Kier molecular flexibility index (Phi) is 6.77. The minimum Gasteiger partial charge on any atom is -0.359 e. The predicted octanol–water partition coefficient (Wildman–Crippen LogP) is 4.13. The van der Waals surface area contributed by atoms with Crippen molar-refractivity contribution in [2.45, 2.75) is 83.6 Å². The number of hydrogen-bond acceptors (Lipinski definition) is 2. The molecular formula is C16H29N3S. The Morgan fingerprint density at radius 1 is 1.15 bits per heavy atom. The lowest BCUT2D eigenvalue weighted by Crippen LogP contribution is -2.41. The van der Waals surface area contributed by atoms with Gasteiger partial charge in [-0.3, -0.25) is 5.43 Å². The van der Waals surface area contributed by atoms with Crippen LogP contribution in [-0.2, 0) is 0 Å². The Hall–Kier alpha value is -0.640. The zero-order chi connectivity index (χ0) is 14.2. The average Bonchev–Trinajstić information content (AvgIpc) is 2.48. The number of nitrogens with one attached hydrogen (secondary N) is 2. The molecule has 114 valence electrons. The summed E-state index contributed by atoms with van der Waals surface area (Å²) in [6.45, 7) is 2.28. The van der Waals surface area contributed by atoms with Crippen LogP contribution < -0.4 is 10.7 Å². The van der Waals surface area contributed by atoms with Gasteiger partial charge in [-0.2, -0.15) is 5.10 Å². The van der Waals surface area contributed by atoms with Gasteiger partial charge in [0.25, 0.3) is 0 Å². The number of rotatable bonds is 4. The maximum atomic E-state index is 5.34. The normalized spacial score (nSPS) is 24.2. The van der Waals surface area contributed by atoms with E-state index in [0.717, 1.165) is 18.8 Å². The molecule has 3 nitrogen and oxygen atoms in total. The van der Waals surface area contributed by atoms with Gasteiger partial charge in [-0.05, 0) is 56.7 Å². The topological polar surface area (TPSA) is 36.4 Å². The molecule has 20 heavy (non-hydrogen) atoms. The Bertz CT molecular complexity index is 325. The summed E-state index contributed by atoms with van der Waals surface area (Å²) in [5.41, 5.74) is 4.35. The molecule has 0 spiro atoms. The zero-order valence-corrected chi connectivity index (χ0v) is 13.6. The lowest BCUT2D eigenvalue weighted by Gasteiger charge is -2.24. The molecule has 0 radical (unpaired) electrons. The first kappa shape index (κ1) is 15.7. The van der Waals surface area contributed by atoms with Gasteiger partial charge >= 0.3 is 0 Å². The van der Waals surface area contributed by atoms with Crippen LogP contribution in [0.1, 0.15) is 77.6 Å². The molecule has 0 atom stereocenters. The van der Waals surface area contributed by atoms with Gasteiger partial charge in [0.1, 0.15) is 0 Å². The van der Waals surface area contributed by atoms with Crippen LogP contribution in [0.2, 0.25) is 0 Å². The van der Waals surface area contributed by atoms with Crippen molar-refractivity contribution in [2.24, 2.45) is 11.0 Å². The summed E-state index contributed by atoms with van der Waals surface area (Å²) in [7, 11) is 0. The molecule has 2 aliphatic rings. The monoisotopic (exact) mass is 295 g/mol. The first-order chi connectivity index (χ1) is 9.78. The summed E-state index contributed by atoms with van der Waals surface area (Å²) >= 11 is 5.34. The molecule has 0 saturated heterocycles. The smallest absolute Gasteiger partial charge is 0.187 e. The molecule has 0 heterocycles. The highest BCUT2D eigenvalue weighted by atomic mass is 32.1. The van der Waals surface area contributed by atoms with E-state index in [-0.39, 0.29) is 0 Å². The van der Waals surface area contributed by atoms with E-state index in [4.69, 9.17) is 12.2 Å². The zero-order valence-electron chi connectivity index (χ0n) is 12.8. The third-order valence-electron chi connectivity index (χ3n) is 4.64. The minimum absolute atomic E-state index is 0.559. The highest BCUT2D eigenvalue weighted by Gasteiger charge is 2.17. The van der Waals surface area contributed by atoms with Gasteiger partial charge in [-0.1, -0.05) is 39.0 Å². The standard InChI is InChI=1S/C16H29N3S/c1-2-6-13-9-11-15(12-10-13)18-19-16(20)17-14-7-4-3-5-8-14/h13-14H,2-12H2,1H3,(H2,17,19,20). The molecular weight excluding hydrogens is 266 g/mol. The fourth-order valence-corrected chi connectivity index (χ4v) is 3.63. The molecule has 0 aromatic rings. The summed E-state index contributed by atoms with van der Waals surface area (Å²) < 4.78 is 0. The van der Waals surface area contributed by atoms with Crippen LogP contribution in [0.15, 0.2) is 5.10 Å². The van der Waals surface area contributed by atoms with E-state index < -0.39 is 0 Å². The first-order valence-electron chi connectivity index (χ1n) is 8.40. The van der Waals surface area contributed by atoms with Crippen molar-refractivity contribution in [1.82, 2.24) is 10.7 Å². The van der Waals surface area contributed by atoms with Crippen LogP contribution >= 0.6 is 12.2 Å². The molecule has 4 heteroatoms. The second-order valence-electron chi connectivity index (χ2n) is 6.33. The van der Waals surface area contributed by atoms with Gasteiger partial charge in [-0.15, -0.1) is 0 Å². The molecule has 2 N–H and O–H groups in total. The van der Waals surface area contributed by atoms with Gasteiger partial charge in [0, 0.05) is 11.8 Å². The predicted molar refractivity (Wildman–Crippen MR) is 90.0 cm³/mol. The number of hydrogen-bond donors (Lipinski definition) is 2. The minimum atomic E-state index is 0.559. The fourth-order valence-electron chi connectivity index (χ4n) is 3.41. The summed E-state index contributed by atoms with van der Waals surface area (Å²) in [5, 5.41) is 8.62. The van der Waals surface area contributed by atoms with E-state index in [1.165, 1.54) is 63.5 Å². The molecule has 0 aliphatic heterocycles. The Morgan fingerprint density at radius 2 is 1.85 bits per heavy atom. The van der Waals surface area contributed by atoms with Crippen molar-refractivity contribution in [2.75, 3.05) is 0 Å². The van der Waals surface area contributed by atoms with Gasteiger partial charge in [-0.25, -0.2) is 0 Å². The van der Waals surface area contributed by atoms with E-state index in [1.54, 1.807) is 0 Å². The van der Waals surface area contributed by atoms with Crippen LogP contribution in [0, 0.1) is 5.92 Å². The average molecular weight is 295 g/mol. The molecule has 0 aromatic carbocycles. The second-order valence-corrected chi connectivity index (χ2v) is 6.74. The Labute approximate surface area is 129 Å². The largest absolute Gasteiger partial charge is 0.359 e. The molecule has 0 bridgehead atoms. The third-order valence-corrected chi connectivity index (χ3v) is 4.84. The van der Waals surface area contributed by atoms with Crippen molar-refractivity contribution < 1.29 is 0 Å². The first-order valence-corrected chi connectivity index (χ1v) is 8.80. The molecule has 2 rings (SSSR count). The Morgan fingerprint density at radius 3 is 2.50 bits per heavy atom. The van der Waals surface area contributed by atoms with E-state index >= 15 is 0 Å². The molecule has 2 saturated carbocycles. The van der Waals surface area contributed by atoms with Crippen molar-refractivity contribution in [1.29, 1.82) is 0 Å². The second kappa shape index (κ2) is 8.60. The number of nitrogens with zero attached hydrogens (tertiary/aromatic N) is 1. The van der Waals surface area contributed by atoms with Crippen molar-refractivity contribution in [3.05, 3.63) is 0 Å². The number of thiocarbonyl (C=S) groups is 1. The molecule has 2 aliphatic carbocycles. The lowest BCUT2D eigenvalue weighted by atomic mass is 9.85.